The summed E-state index contributed by atoms with van der Waals surface area (Å²) in [5.74, 6) is 0.466. The predicted octanol–water partition coefficient (Wildman–Crippen LogP) is 3.23. The maximum atomic E-state index is 12.2. The normalized spacial score (nSPS) is 16.4. The fourth-order valence-corrected chi connectivity index (χ4v) is 3.66. The van der Waals surface area contributed by atoms with Gasteiger partial charge in [0.2, 0.25) is 5.91 Å². The van der Waals surface area contributed by atoms with Crippen LogP contribution in [0, 0.1) is 0 Å². The highest BCUT2D eigenvalue weighted by Crippen LogP contribution is 2.32. The molecular formula is C14H11Cl2N3O2S. The van der Waals surface area contributed by atoms with Gasteiger partial charge in [-0.15, -0.1) is 0 Å². The van der Waals surface area contributed by atoms with Crippen molar-refractivity contribution in [3.05, 3.63) is 50.9 Å². The van der Waals surface area contributed by atoms with Crippen molar-refractivity contribution in [2.45, 2.75) is 17.6 Å². The lowest BCUT2D eigenvalue weighted by Crippen LogP contribution is -2.26. The number of carbonyl (C=O) groups excluding carboxylic acids is 1. The van der Waals surface area contributed by atoms with Gasteiger partial charge in [-0.1, -0.05) is 35.0 Å². The molecule has 0 saturated heterocycles. The number of halogens is 2. The molecule has 1 amide bonds. The molecule has 5 nitrogen and oxygen atoms in total. The molecule has 1 N–H and O–H groups in total. The molecule has 3 rings (SSSR count). The number of carbonyl (C=O) groups is 1. The second-order valence-electron chi connectivity index (χ2n) is 4.78. The third-order valence-corrected chi connectivity index (χ3v) is 5.09. The van der Waals surface area contributed by atoms with Crippen LogP contribution in [-0.2, 0) is 4.79 Å². The van der Waals surface area contributed by atoms with Gasteiger partial charge < -0.3 is 5.32 Å². The van der Waals surface area contributed by atoms with Crippen molar-refractivity contribution in [1.29, 1.82) is 0 Å². The van der Waals surface area contributed by atoms with Gasteiger partial charge in [0, 0.05) is 30.1 Å². The zero-order valence-electron chi connectivity index (χ0n) is 11.3. The average Bonchev–Trinajstić information content (AvgIpc) is 2.87. The summed E-state index contributed by atoms with van der Waals surface area (Å²) in [7, 11) is 0. The molecule has 0 spiro atoms. The fourth-order valence-electron chi connectivity index (χ4n) is 2.24. The van der Waals surface area contributed by atoms with Crippen molar-refractivity contribution in [2.24, 2.45) is 0 Å². The van der Waals surface area contributed by atoms with E-state index in [1.165, 1.54) is 24.0 Å². The number of nitrogens with zero attached hydrogens (tertiary/aromatic N) is 2. The minimum Gasteiger partial charge on any atom is -0.326 e. The lowest BCUT2D eigenvalue weighted by Gasteiger charge is -2.13. The Morgan fingerprint density at radius 3 is 2.95 bits per heavy atom. The first-order valence-corrected chi connectivity index (χ1v) is 8.24. The molecule has 0 aliphatic carbocycles. The topological polar surface area (TPSA) is 64.0 Å². The van der Waals surface area contributed by atoms with Gasteiger partial charge in [0.15, 0.2) is 5.16 Å². The predicted molar refractivity (Wildman–Crippen MR) is 88.0 cm³/mol. The molecule has 8 heteroatoms. The minimum atomic E-state index is -0.191. The number of amides is 1. The summed E-state index contributed by atoms with van der Waals surface area (Å²) in [6, 6.07) is 6.10. The lowest BCUT2D eigenvalue weighted by molar-refractivity contribution is -0.116. The van der Waals surface area contributed by atoms with Gasteiger partial charge in [0.25, 0.3) is 5.56 Å². The summed E-state index contributed by atoms with van der Waals surface area (Å²) in [4.78, 5) is 28.2. The minimum absolute atomic E-state index is 0.137. The average molecular weight is 356 g/mol. The van der Waals surface area contributed by atoms with Crippen molar-refractivity contribution in [3.63, 3.8) is 0 Å². The second kappa shape index (κ2) is 6.32. The first-order valence-electron chi connectivity index (χ1n) is 6.50. The number of anilines is 1. The van der Waals surface area contributed by atoms with Crippen LogP contribution in [0.2, 0.25) is 10.0 Å². The standard InChI is InChI=1S/C14H11Cl2N3O2S/c15-10-2-1-8(5-11(10)16)18-12(20)6-9-7-22-14-17-4-3-13(21)19(9)14/h1-5,9H,6-7H2,(H,18,20)/t9-/m0/s1. The zero-order valence-corrected chi connectivity index (χ0v) is 13.6. The number of aromatic nitrogens is 2. The molecule has 1 atom stereocenters. The van der Waals surface area contributed by atoms with Gasteiger partial charge in [0.1, 0.15) is 0 Å². The van der Waals surface area contributed by atoms with Crippen LogP contribution < -0.4 is 10.9 Å². The van der Waals surface area contributed by atoms with E-state index in [0.717, 1.165) is 0 Å². The first-order chi connectivity index (χ1) is 10.5. The molecular weight excluding hydrogens is 345 g/mol. The molecule has 0 unspecified atom stereocenters. The van der Waals surface area contributed by atoms with E-state index in [4.69, 9.17) is 23.2 Å². The van der Waals surface area contributed by atoms with Gasteiger partial charge in [-0.05, 0) is 18.2 Å². The number of hydrogen-bond donors (Lipinski definition) is 1. The molecule has 0 saturated carbocycles. The largest absolute Gasteiger partial charge is 0.326 e. The van der Waals surface area contributed by atoms with E-state index in [9.17, 15) is 9.59 Å². The fraction of sp³-hybridized carbons (Fsp3) is 0.214. The summed E-state index contributed by atoms with van der Waals surface area (Å²) >= 11 is 13.2. The molecule has 22 heavy (non-hydrogen) atoms. The van der Waals surface area contributed by atoms with Crippen LogP contribution in [0.1, 0.15) is 12.5 Å². The molecule has 2 aromatic rings. The highest BCUT2D eigenvalue weighted by molar-refractivity contribution is 7.99. The molecule has 0 fully saturated rings. The lowest BCUT2D eigenvalue weighted by atomic mass is 10.2. The van der Waals surface area contributed by atoms with Crippen molar-refractivity contribution < 1.29 is 4.79 Å². The van der Waals surface area contributed by atoms with Gasteiger partial charge in [-0.3, -0.25) is 14.2 Å². The number of benzene rings is 1. The summed E-state index contributed by atoms with van der Waals surface area (Å²) in [6.45, 7) is 0. The van der Waals surface area contributed by atoms with Crippen molar-refractivity contribution in [2.75, 3.05) is 11.1 Å². The zero-order chi connectivity index (χ0) is 15.7. The van der Waals surface area contributed by atoms with E-state index in [0.29, 0.717) is 26.6 Å². The van der Waals surface area contributed by atoms with E-state index in [1.807, 2.05) is 0 Å². The van der Waals surface area contributed by atoms with Crippen LogP contribution in [0.3, 0.4) is 0 Å². The Balaban J connectivity index is 1.71. The van der Waals surface area contributed by atoms with Gasteiger partial charge >= 0.3 is 0 Å². The maximum Gasteiger partial charge on any atom is 0.254 e. The van der Waals surface area contributed by atoms with Crippen LogP contribution in [0.4, 0.5) is 5.69 Å². The van der Waals surface area contributed by atoms with E-state index in [-0.39, 0.29) is 23.9 Å². The second-order valence-corrected chi connectivity index (χ2v) is 6.58. The Kier molecular flexibility index (Phi) is 4.42. The van der Waals surface area contributed by atoms with E-state index in [1.54, 1.807) is 22.8 Å². The molecule has 1 aromatic heterocycles. The number of fused-ring (bicyclic) bond motifs is 1. The van der Waals surface area contributed by atoms with Crippen LogP contribution in [0.15, 0.2) is 40.4 Å². The Bertz CT molecular complexity index is 794. The van der Waals surface area contributed by atoms with Crippen molar-refractivity contribution in [1.82, 2.24) is 9.55 Å². The first kappa shape index (κ1) is 15.4. The number of nitrogens with one attached hydrogen (secondary N) is 1. The molecule has 0 radical (unpaired) electrons. The van der Waals surface area contributed by atoms with Gasteiger partial charge in [-0.25, -0.2) is 4.98 Å². The molecule has 0 bridgehead atoms. The van der Waals surface area contributed by atoms with E-state index < -0.39 is 0 Å². The summed E-state index contributed by atoms with van der Waals surface area (Å²) in [6.07, 6.45) is 1.69. The number of hydrogen-bond acceptors (Lipinski definition) is 4. The summed E-state index contributed by atoms with van der Waals surface area (Å²) in [5.41, 5.74) is 0.436. The monoisotopic (exact) mass is 355 g/mol. The third-order valence-electron chi connectivity index (χ3n) is 3.24. The van der Waals surface area contributed by atoms with Crippen LogP contribution in [0.25, 0.3) is 0 Å². The quantitative estimate of drug-likeness (QED) is 0.858. The summed E-state index contributed by atoms with van der Waals surface area (Å²) in [5, 5.41) is 4.22. The molecule has 2 heterocycles. The third kappa shape index (κ3) is 3.14. The van der Waals surface area contributed by atoms with Crippen LogP contribution in [0.5, 0.6) is 0 Å². The van der Waals surface area contributed by atoms with Gasteiger partial charge in [-0.2, -0.15) is 0 Å². The highest BCUT2D eigenvalue weighted by Gasteiger charge is 2.26. The van der Waals surface area contributed by atoms with Crippen molar-refractivity contribution in [3.8, 4) is 0 Å². The van der Waals surface area contributed by atoms with Gasteiger partial charge in [0.05, 0.1) is 16.1 Å². The van der Waals surface area contributed by atoms with Crippen LogP contribution in [-0.4, -0.2) is 21.2 Å². The van der Waals surface area contributed by atoms with Crippen LogP contribution >= 0.6 is 35.0 Å². The van der Waals surface area contributed by atoms with E-state index >= 15 is 0 Å². The van der Waals surface area contributed by atoms with E-state index in [2.05, 4.69) is 10.3 Å². The Hall–Kier alpha value is -1.50. The Morgan fingerprint density at radius 2 is 2.18 bits per heavy atom. The Labute approximate surface area is 140 Å². The maximum absolute atomic E-state index is 12.2. The summed E-state index contributed by atoms with van der Waals surface area (Å²) < 4.78 is 1.57. The highest BCUT2D eigenvalue weighted by atomic mass is 35.5. The number of thioether (sulfide) groups is 1. The molecule has 1 aliphatic rings. The molecule has 1 aromatic carbocycles. The van der Waals surface area contributed by atoms with Crippen molar-refractivity contribution >= 4 is 46.6 Å². The SMILES string of the molecule is O=C(C[C@H]1CSc2nccc(=O)n21)Nc1ccc(Cl)c(Cl)c1. The molecule has 1 aliphatic heterocycles. The number of rotatable bonds is 3. The smallest absolute Gasteiger partial charge is 0.254 e. The molecule has 114 valence electrons. The Morgan fingerprint density at radius 1 is 1.36 bits per heavy atom.